The van der Waals surface area contributed by atoms with Crippen molar-refractivity contribution in [3.63, 3.8) is 0 Å². The van der Waals surface area contributed by atoms with E-state index in [1.165, 1.54) is 0 Å². The van der Waals surface area contributed by atoms with Gasteiger partial charge in [-0.15, -0.1) is 0 Å². The number of benzene rings is 1. The summed E-state index contributed by atoms with van der Waals surface area (Å²) < 4.78 is 0. The van der Waals surface area contributed by atoms with Crippen LogP contribution in [0.3, 0.4) is 0 Å². The molecule has 2 N–H and O–H groups in total. The minimum Gasteiger partial charge on any atom is -0.320 e. The van der Waals surface area contributed by atoms with Crippen LogP contribution in [-0.2, 0) is 0 Å². The van der Waals surface area contributed by atoms with E-state index >= 15 is 0 Å². The average molecular weight is 236 g/mol. The summed E-state index contributed by atoms with van der Waals surface area (Å²) in [6, 6.07) is 11.7. The Balaban J connectivity index is 2.04. The summed E-state index contributed by atoms with van der Waals surface area (Å²) in [4.78, 5) is 4.29. The standard InChI is InChI=1S/C14H12N4/c15-14(12-5-7-17-18-9-12)11-3-4-13-10(8-11)2-1-6-16-13/h1-9,14H,15H2. The van der Waals surface area contributed by atoms with E-state index in [0.29, 0.717) is 0 Å². The Hall–Kier alpha value is -2.33. The van der Waals surface area contributed by atoms with Crippen molar-refractivity contribution < 1.29 is 0 Å². The molecule has 88 valence electrons. The van der Waals surface area contributed by atoms with E-state index in [-0.39, 0.29) is 6.04 Å². The zero-order valence-corrected chi connectivity index (χ0v) is 9.69. The average Bonchev–Trinajstić information content (AvgIpc) is 2.47. The maximum absolute atomic E-state index is 6.22. The molecule has 4 nitrogen and oxygen atoms in total. The van der Waals surface area contributed by atoms with Crippen molar-refractivity contribution >= 4 is 10.9 Å². The van der Waals surface area contributed by atoms with Gasteiger partial charge in [-0.25, -0.2) is 0 Å². The predicted molar refractivity (Wildman–Crippen MR) is 69.8 cm³/mol. The van der Waals surface area contributed by atoms with E-state index in [9.17, 15) is 0 Å². The molecule has 18 heavy (non-hydrogen) atoms. The molecule has 4 heteroatoms. The van der Waals surface area contributed by atoms with Crippen LogP contribution in [0.2, 0.25) is 0 Å². The van der Waals surface area contributed by atoms with Crippen LogP contribution >= 0.6 is 0 Å². The minimum atomic E-state index is -0.190. The van der Waals surface area contributed by atoms with Gasteiger partial charge in [0.2, 0.25) is 0 Å². The summed E-state index contributed by atoms with van der Waals surface area (Å²) in [6.45, 7) is 0. The van der Waals surface area contributed by atoms with E-state index in [1.54, 1.807) is 18.6 Å². The van der Waals surface area contributed by atoms with Crippen LogP contribution in [0.15, 0.2) is 55.0 Å². The maximum atomic E-state index is 6.22. The SMILES string of the molecule is NC(c1ccnnc1)c1ccc2ncccc2c1. The fraction of sp³-hybridized carbons (Fsp3) is 0.0714. The largest absolute Gasteiger partial charge is 0.320 e. The third-order valence-corrected chi connectivity index (χ3v) is 2.95. The highest BCUT2D eigenvalue weighted by Crippen LogP contribution is 2.21. The molecular formula is C14H12N4. The molecule has 2 aromatic heterocycles. The molecule has 0 radical (unpaired) electrons. The monoisotopic (exact) mass is 236 g/mol. The summed E-state index contributed by atoms with van der Waals surface area (Å²) in [5, 5.41) is 8.70. The molecule has 0 aliphatic rings. The van der Waals surface area contributed by atoms with Gasteiger partial charge in [0.05, 0.1) is 17.8 Å². The van der Waals surface area contributed by atoms with Crippen LogP contribution in [0.4, 0.5) is 0 Å². The second-order valence-electron chi connectivity index (χ2n) is 4.11. The van der Waals surface area contributed by atoms with Crippen molar-refractivity contribution in [3.05, 3.63) is 66.1 Å². The van der Waals surface area contributed by atoms with Crippen LogP contribution < -0.4 is 5.73 Å². The van der Waals surface area contributed by atoms with Crippen molar-refractivity contribution in [2.45, 2.75) is 6.04 Å². The van der Waals surface area contributed by atoms with Crippen molar-refractivity contribution in [1.82, 2.24) is 15.2 Å². The molecule has 0 bridgehead atoms. The molecule has 0 aliphatic carbocycles. The fourth-order valence-electron chi connectivity index (χ4n) is 1.96. The lowest BCUT2D eigenvalue weighted by Gasteiger charge is -2.12. The molecule has 1 aromatic carbocycles. The lowest BCUT2D eigenvalue weighted by atomic mass is 10.00. The van der Waals surface area contributed by atoms with Crippen molar-refractivity contribution in [2.24, 2.45) is 5.73 Å². The number of aromatic nitrogens is 3. The zero-order valence-electron chi connectivity index (χ0n) is 9.69. The zero-order chi connectivity index (χ0) is 12.4. The van der Waals surface area contributed by atoms with Crippen LogP contribution in [0.25, 0.3) is 10.9 Å². The summed E-state index contributed by atoms with van der Waals surface area (Å²) in [7, 11) is 0. The van der Waals surface area contributed by atoms with E-state index in [1.807, 2.05) is 30.3 Å². The molecule has 0 aliphatic heterocycles. The number of hydrogen-bond donors (Lipinski definition) is 1. The Kier molecular flexibility index (Phi) is 2.70. The number of nitrogens with zero attached hydrogens (tertiary/aromatic N) is 3. The van der Waals surface area contributed by atoms with Gasteiger partial charge in [-0.3, -0.25) is 4.98 Å². The van der Waals surface area contributed by atoms with Gasteiger partial charge in [0.1, 0.15) is 0 Å². The first-order chi connectivity index (χ1) is 8.84. The molecule has 3 aromatic rings. The summed E-state index contributed by atoms with van der Waals surface area (Å²) in [6.07, 6.45) is 5.13. The fourth-order valence-corrected chi connectivity index (χ4v) is 1.96. The molecule has 0 saturated heterocycles. The number of fused-ring (bicyclic) bond motifs is 1. The molecule has 0 amide bonds. The predicted octanol–water partition coefficient (Wildman–Crippen LogP) is 2.07. The lowest BCUT2D eigenvalue weighted by molar-refractivity contribution is 0.847. The second-order valence-corrected chi connectivity index (χ2v) is 4.11. The Morgan fingerprint density at radius 1 is 0.944 bits per heavy atom. The first-order valence-electron chi connectivity index (χ1n) is 5.71. The molecule has 2 heterocycles. The number of rotatable bonds is 2. The molecule has 0 spiro atoms. The smallest absolute Gasteiger partial charge is 0.0702 e. The highest BCUT2D eigenvalue weighted by molar-refractivity contribution is 5.79. The van der Waals surface area contributed by atoms with Gasteiger partial charge in [0.25, 0.3) is 0 Å². The van der Waals surface area contributed by atoms with Crippen LogP contribution in [0, 0.1) is 0 Å². The van der Waals surface area contributed by atoms with Crippen LogP contribution in [0.1, 0.15) is 17.2 Å². The first kappa shape index (κ1) is 10.8. The van der Waals surface area contributed by atoms with Crippen LogP contribution in [-0.4, -0.2) is 15.2 Å². The summed E-state index contributed by atoms with van der Waals surface area (Å²) in [5.74, 6) is 0. The minimum absolute atomic E-state index is 0.190. The van der Waals surface area contributed by atoms with E-state index in [4.69, 9.17) is 5.73 Å². The van der Waals surface area contributed by atoms with Gasteiger partial charge in [0.15, 0.2) is 0 Å². The van der Waals surface area contributed by atoms with Crippen molar-refractivity contribution in [1.29, 1.82) is 0 Å². The number of nitrogens with two attached hydrogens (primary N) is 1. The van der Waals surface area contributed by atoms with Gasteiger partial charge in [-0.1, -0.05) is 12.1 Å². The Morgan fingerprint density at radius 2 is 1.89 bits per heavy atom. The summed E-state index contributed by atoms with van der Waals surface area (Å²) in [5.41, 5.74) is 9.19. The number of hydrogen-bond acceptors (Lipinski definition) is 4. The Morgan fingerprint density at radius 3 is 2.72 bits per heavy atom. The molecule has 1 unspecified atom stereocenters. The molecule has 3 rings (SSSR count). The quantitative estimate of drug-likeness (QED) is 0.739. The highest BCUT2D eigenvalue weighted by Gasteiger charge is 2.09. The van der Waals surface area contributed by atoms with Gasteiger partial charge in [0, 0.05) is 17.8 Å². The number of pyridine rings is 1. The normalized spacial score (nSPS) is 12.5. The van der Waals surface area contributed by atoms with Crippen LogP contribution in [0.5, 0.6) is 0 Å². The molecular weight excluding hydrogens is 224 g/mol. The van der Waals surface area contributed by atoms with Crippen molar-refractivity contribution in [2.75, 3.05) is 0 Å². The van der Waals surface area contributed by atoms with Crippen molar-refractivity contribution in [3.8, 4) is 0 Å². The van der Waals surface area contributed by atoms with E-state index < -0.39 is 0 Å². The summed E-state index contributed by atoms with van der Waals surface area (Å²) >= 11 is 0. The third-order valence-electron chi connectivity index (χ3n) is 2.95. The first-order valence-corrected chi connectivity index (χ1v) is 5.71. The van der Waals surface area contributed by atoms with E-state index in [2.05, 4.69) is 21.2 Å². The van der Waals surface area contributed by atoms with E-state index in [0.717, 1.165) is 22.0 Å². The highest BCUT2D eigenvalue weighted by atomic mass is 15.1. The topological polar surface area (TPSA) is 64.7 Å². The molecule has 0 saturated carbocycles. The Bertz CT molecular complexity index is 667. The molecule has 0 fully saturated rings. The molecule has 1 atom stereocenters. The van der Waals surface area contributed by atoms with Gasteiger partial charge in [-0.2, -0.15) is 10.2 Å². The second kappa shape index (κ2) is 4.50. The maximum Gasteiger partial charge on any atom is 0.0702 e. The Labute approximate surface area is 105 Å². The third kappa shape index (κ3) is 1.94. The van der Waals surface area contributed by atoms with Gasteiger partial charge < -0.3 is 5.73 Å². The van der Waals surface area contributed by atoms with Gasteiger partial charge in [-0.05, 0) is 35.4 Å². The lowest BCUT2D eigenvalue weighted by Crippen LogP contribution is -2.12. The van der Waals surface area contributed by atoms with Gasteiger partial charge >= 0.3 is 0 Å².